The number of nitrogens with zero attached hydrogens (tertiary/aromatic N) is 2. The molecule has 0 unspecified atom stereocenters. The van der Waals surface area contributed by atoms with E-state index in [1.165, 1.54) is 24.8 Å². The first kappa shape index (κ1) is 19.0. The van der Waals surface area contributed by atoms with E-state index in [9.17, 15) is 4.79 Å². The smallest absolute Gasteiger partial charge is 0.266 e. The van der Waals surface area contributed by atoms with Crippen molar-refractivity contribution in [1.82, 2.24) is 9.78 Å². The van der Waals surface area contributed by atoms with Crippen LogP contribution in [0.25, 0.3) is 0 Å². The summed E-state index contributed by atoms with van der Waals surface area (Å²) in [5.74, 6) is 0.749. The van der Waals surface area contributed by atoms with Crippen LogP contribution in [-0.4, -0.2) is 29.3 Å². The quantitative estimate of drug-likeness (QED) is 0.686. The summed E-state index contributed by atoms with van der Waals surface area (Å²) in [6.45, 7) is 6.40. The van der Waals surface area contributed by atoms with Crippen LogP contribution in [0.3, 0.4) is 0 Å². The van der Waals surface area contributed by atoms with Gasteiger partial charge in [-0.2, -0.15) is 5.10 Å². The van der Waals surface area contributed by atoms with Crippen LogP contribution < -0.4 is 10.1 Å². The van der Waals surface area contributed by atoms with E-state index in [1.807, 2.05) is 38.1 Å². The molecule has 0 fully saturated rings. The number of anilines is 1. The van der Waals surface area contributed by atoms with Gasteiger partial charge in [-0.1, -0.05) is 26.2 Å². The third-order valence-corrected chi connectivity index (χ3v) is 4.49. The maximum absolute atomic E-state index is 12.5. The summed E-state index contributed by atoms with van der Waals surface area (Å²) in [6.07, 6.45) is 5.87. The molecule has 5 heteroatoms. The van der Waals surface area contributed by atoms with E-state index >= 15 is 0 Å². The second kappa shape index (κ2) is 9.25. The molecule has 0 aliphatic rings. The monoisotopic (exact) mass is 343 g/mol. The molecule has 5 nitrogen and oxygen atoms in total. The fraction of sp³-hybridized carbons (Fsp3) is 0.500. The molecule has 2 aromatic rings. The molecule has 0 aliphatic carbocycles. The molecule has 0 radical (unpaired) electrons. The third-order valence-electron chi connectivity index (χ3n) is 4.49. The minimum atomic E-state index is -0.0452. The number of nitrogens with one attached hydrogen (secondary N) is 1. The molecule has 25 heavy (non-hydrogen) atoms. The van der Waals surface area contributed by atoms with Gasteiger partial charge < -0.3 is 10.1 Å². The zero-order valence-corrected chi connectivity index (χ0v) is 15.8. The molecule has 1 aromatic heterocycles. The zero-order valence-electron chi connectivity index (χ0n) is 15.8. The molecule has 0 spiro atoms. The van der Waals surface area contributed by atoms with Crippen molar-refractivity contribution in [3.8, 4) is 5.75 Å². The minimum Gasteiger partial charge on any atom is -0.497 e. The fourth-order valence-corrected chi connectivity index (χ4v) is 2.97. The number of hydrogen-bond donors (Lipinski definition) is 1. The van der Waals surface area contributed by atoms with Gasteiger partial charge in [0.1, 0.15) is 5.75 Å². The molecule has 1 heterocycles. The topological polar surface area (TPSA) is 56.2 Å². The molecule has 136 valence electrons. The molecule has 0 bridgehead atoms. The lowest BCUT2D eigenvalue weighted by molar-refractivity contribution is 0.0910. The molecule has 0 saturated heterocycles. The molecule has 0 atom stereocenters. The Morgan fingerprint density at radius 2 is 1.88 bits per heavy atom. The summed E-state index contributed by atoms with van der Waals surface area (Å²) in [5, 5.41) is 7.60. The summed E-state index contributed by atoms with van der Waals surface area (Å²) < 4.78 is 6.68. The van der Waals surface area contributed by atoms with Crippen LogP contribution in [0.5, 0.6) is 5.75 Å². The summed E-state index contributed by atoms with van der Waals surface area (Å²) in [5.41, 5.74) is 4.03. The largest absolute Gasteiger partial charge is 0.497 e. The van der Waals surface area contributed by atoms with Crippen LogP contribution >= 0.6 is 0 Å². The standard InChI is InChI=1S/C20H29N3O2/c1-5-6-7-8-9-19-15(2)22-23(16(19)3)20(24)14-21-17-10-12-18(25-4)13-11-17/h10-13,21H,5-9,14H2,1-4H3. The van der Waals surface area contributed by atoms with E-state index in [1.54, 1.807) is 11.8 Å². The van der Waals surface area contributed by atoms with Crippen molar-refractivity contribution in [1.29, 1.82) is 0 Å². The average molecular weight is 343 g/mol. The first-order chi connectivity index (χ1) is 12.1. The van der Waals surface area contributed by atoms with Gasteiger partial charge in [-0.15, -0.1) is 0 Å². The molecular weight excluding hydrogens is 314 g/mol. The van der Waals surface area contributed by atoms with Gasteiger partial charge in [0.2, 0.25) is 0 Å². The highest BCUT2D eigenvalue weighted by Gasteiger charge is 2.16. The van der Waals surface area contributed by atoms with Crippen molar-refractivity contribution in [3.63, 3.8) is 0 Å². The highest BCUT2D eigenvalue weighted by Crippen LogP contribution is 2.18. The van der Waals surface area contributed by atoms with Gasteiger partial charge in [-0.25, -0.2) is 4.68 Å². The van der Waals surface area contributed by atoms with Crippen LogP contribution in [0.2, 0.25) is 0 Å². The second-order valence-electron chi connectivity index (χ2n) is 6.35. The number of aromatic nitrogens is 2. The van der Waals surface area contributed by atoms with E-state index in [-0.39, 0.29) is 12.5 Å². The maximum atomic E-state index is 12.5. The van der Waals surface area contributed by atoms with Gasteiger partial charge in [0, 0.05) is 11.4 Å². The Balaban J connectivity index is 1.96. The van der Waals surface area contributed by atoms with E-state index in [2.05, 4.69) is 17.3 Å². The van der Waals surface area contributed by atoms with Crippen molar-refractivity contribution in [2.45, 2.75) is 52.9 Å². The summed E-state index contributed by atoms with van der Waals surface area (Å²) in [6, 6.07) is 7.52. The number of ether oxygens (including phenoxy) is 1. The zero-order chi connectivity index (χ0) is 18.2. The van der Waals surface area contributed by atoms with Crippen LogP contribution in [0.15, 0.2) is 24.3 Å². The number of methoxy groups -OCH3 is 1. The van der Waals surface area contributed by atoms with Crippen molar-refractivity contribution >= 4 is 11.6 Å². The van der Waals surface area contributed by atoms with Gasteiger partial charge in [0.15, 0.2) is 0 Å². The van der Waals surface area contributed by atoms with E-state index in [4.69, 9.17) is 4.74 Å². The van der Waals surface area contributed by atoms with E-state index in [0.717, 1.165) is 35.7 Å². The number of carbonyl (C=O) groups is 1. The fourth-order valence-electron chi connectivity index (χ4n) is 2.97. The highest BCUT2D eigenvalue weighted by molar-refractivity contribution is 5.83. The van der Waals surface area contributed by atoms with Crippen molar-refractivity contribution in [2.75, 3.05) is 19.0 Å². The number of benzene rings is 1. The SMILES string of the molecule is CCCCCCc1c(C)nn(C(=O)CNc2ccc(OC)cc2)c1C. The molecular formula is C20H29N3O2. The molecule has 0 saturated carbocycles. The number of hydrogen-bond acceptors (Lipinski definition) is 4. The van der Waals surface area contributed by atoms with Crippen molar-refractivity contribution in [2.24, 2.45) is 0 Å². The Kier molecular flexibility index (Phi) is 7.04. The molecule has 0 aliphatic heterocycles. The van der Waals surface area contributed by atoms with Crippen LogP contribution in [0.4, 0.5) is 5.69 Å². The first-order valence-electron chi connectivity index (χ1n) is 9.03. The molecule has 2 rings (SSSR count). The highest BCUT2D eigenvalue weighted by atomic mass is 16.5. The Morgan fingerprint density at radius 3 is 2.52 bits per heavy atom. The van der Waals surface area contributed by atoms with Crippen molar-refractivity contribution < 1.29 is 9.53 Å². The number of rotatable bonds is 9. The normalized spacial score (nSPS) is 10.7. The lowest BCUT2D eigenvalue weighted by Gasteiger charge is -2.08. The molecule has 1 N–H and O–H groups in total. The lowest BCUT2D eigenvalue weighted by atomic mass is 10.0. The van der Waals surface area contributed by atoms with Crippen molar-refractivity contribution in [3.05, 3.63) is 41.2 Å². The Hall–Kier alpha value is -2.30. The van der Waals surface area contributed by atoms with Crippen LogP contribution in [-0.2, 0) is 6.42 Å². The van der Waals surface area contributed by atoms with Gasteiger partial charge in [-0.3, -0.25) is 4.79 Å². The Bertz CT molecular complexity index is 690. The van der Waals surface area contributed by atoms with E-state index in [0.29, 0.717) is 0 Å². The Labute approximate surface area is 150 Å². The van der Waals surface area contributed by atoms with Gasteiger partial charge in [-0.05, 0) is 56.5 Å². The summed E-state index contributed by atoms with van der Waals surface area (Å²) >= 11 is 0. The summed E-state index contributed by atoms with van der Waals surface area (Å²) in [4.78, 5) is 12.5. The number of unbranched alkanes of at least 4 members (excludes halogenated alkanes) is 3. The maximum Gasteiger partial charge on any atom is 0.266 e. The van der Waals surface area contributed by atoms with Gasteiger partial charge in [0.25, 0.3) is 5.91 Å². The van der Waals surface area contributed by atoms with E-state index < -0.39 is 0 Å². The lowest BCUT2D eigenvalue weighted by Crippen LogP contribution is -2.23. The number of carbonyl (C=O) groups excluding carboxylic acids is 1. The Morgan fingerprint density at radius 1 is 1.16 bits per heavy atom. The second-order valence-corrected chi connectivity index (χ2v) is 6.35. The van der Waals surface area contributed by atoms with Gasteiger partial charge >= 0.3 is 0 Å². The minimum absolute atomic E-state index is 0.0452. The third kappa shape index (κ3) is 5.08. The average Bonchev–Trinajstić information content (AvgIpc) is 2.91. The van der Waals surface area contributed by atoms with Crippen LogP contribution in [0.1, 0.15) is 54.4 Å². The van der Waals surface area contributed by atoms with Crippen LogP contribution in [0, 0.1) is 13.8 Å². The predicted octanol–water partition coefficient (Wildman–Crippen LogP) is 4.38. The number of aryl methyl sites for hydroxylation is 1. The summed E-state index contributed by atoms with van der Waals surface area (Å²) in [7, 11) is 1.63. The van der Waals surface area contributed by atoms with Gasteiger partial charge in [0.05, 0.1) is 19.3 Å². The molecule has 0 amide bonds. The first-order valence-corrected chi connectivity index (χ1v) is 9.03. The molecule has 1 aromatic carbocycles. The predicted molar refractivity (Wildman–Crippen MR) is 102 cm³/mol.